The van der Waals surface area contributed by atoms with E-state index in [0.717, 1.165) is 24.3 Å². The Kier molecular flexibility index (Phi) is 4.34. The number of fused-ring (bicyclic) bond motifs is 1. The van der Waals surface area contributed by atoms with Gasteiger partial charge in [0, 0.05) is 54.8 Å². The van der Waals surface area contributed by atoms with Crippen LogP contribution in [-0.4, -0.2) is 28.8 Å². The van der Waals surface area contributed by atoms with E-state index in [2.05, 4.69) is 50.7 Å². The van der Waals surface area contributed by atoms with Crippen molar-refractivity contribution in [3.8, 4) is 0 Å². The SMILES string of the molecule is CNc1ccc2c(c1)N(Cc1cn[nH]c1)CC2c1cccc(C(N)=S)c1. The zero-order valence-corrected chi connectivity index (χ0v) is 15.4. The van der Waals surface area contributed by atoms with E-state index in [1.165, 1.54) is 22.4 Å². The third-order valence-electron chi connectivity index (χ3n) is 4.94. The van der Waals surface area contributed by atoms with Crippen LogP contribution in [-0.2, 0) is 6.54 Å². The zero-order chi connectivity index (χ0) is 18.1. The molecule has 6 heteroatoms. The highest BCUT2D eigenvalue weighted by molar-refractivity contribution is 7.80. The number of benzene rings is 2. The van der Waals surface area contributed by atoms with Gasteiger partial charge in [0.05, 0.1) is 6.20 Å². The highest BCUT2D eigenvalue weighted by atomic mass is 32.1. The molecule has 0 spiro atoms. The lowest BCUT2D eigenvalue weighted by Gasteiger charge is -2.19. The molecule has 5 nitrogen and oxygen atoms in total. The van der Waals surface area contributed by atoms with Gasteiger partial charge in [0.25, 0.3) is 0 Å². The Morgan fingerprint density at radius 2 is 2.23 bits per heavy atom. The second-order valence-electron chi connectivity index (χ2n) is 6.55. The molecule has 1 unspecified atom stereocenters. The summed E-state index contributed by atoms with van der Waals surface area (Å²) in [6.07, 6.45) is 3.82. The van der Waals surface area contributed by atoms with E-state index in [4.69, 9.17) is 18.0 Å². The lowest BCUT2D eigenvalue weighted by atomic mass is 9.92. The van der Waals surface area contributed by atoms with Crippen molar-refractivity contribution in [2.75, 3.05) is 23.8 Å². The fourth-order valence-electron chi connectivity index (χ4n) is 3.61. The predicted molar refractivity (Wildman–Crippen MR) is 110 cm³/mol. The third-order valence-corrected chi connectivity index (χ3v) is 5.18. The molecule has 1 atom stereocenters. The number of thiocarbonyl (C=S) groups is 1. The van der Waals surface area contributed by atoms with E-state index in [1.807, 2.05) is 31.6 Å². The van der Waals surface area contributed by atoms with Crippen LogP contribution in [0.25, 0.3) is 0 Å². The van der Waals surface area contributed by atoms with Gasteiger partial charge in [0.1, 0.15) is 4.99 Å². The van der Waals surface area contributed by atoms with Gasteiger partial charge in [-0.2, -0.15) is 5.10 Å². The molecule has 0 bridgehead atoms. The van der Waals surface area contributed by atoms with E-state index in [-0.39, 0.29) is 5.92 Å². The molecule has 0 saturated heterocycles. The van der Waals surface area contributed by atoms with Crippen LogP contribution in [0.1, 0.15) is 28.2 Å². The molecule has 0 amide bonds. The van der Waals surface area contributed by atoms with Crippen LogP contribution in [0.3, 0.4) is 0 Å². The number of rotatable bonds is 5. The number of nitrogens with one attached hydrogen (secondary N) is 2. The average Bonchev–Trinajstić information content (AvgIpc) is 3.30. The van der Waals surface area contributed by atoms with Crippen molar-refractivity contribution in [1.82, 2.24) is 10.2 Å². The number of aromatic nitrogens is 2. The topological polar surface area (TPSA) is 70.0 Å². The fourth-order valence-corrected chi connectivity index (χ4v) is 3.74. The Labute approximate surface area is 158 Å². The normalized spacial score (nSPS) is 15.7. The number of nitrogens with zero attached hydrogens (tertiary/aromatic N) is 2. The molecular weight excluding hydrogens is 342 g/mol. The van der Waals surface area contributed by atoms with Crippen molar-refractivity contribution in [2.45, 2.75) is 12.5 Å². The van der Waals surface area contributed by atoms with Crippen molar-refractivity contribution in [1.29, 1.82) is 0 Å². The standard InChI is InChI=1S/C20H21N5S/c1-22-16-5-6-17-18(14-3-2-4-15(7-14)20(21)26)12-25(19(17)8-16)11-13-9-23-24-10-13/h2-10,18,22H,11-12H2,1H3,(H2,21,26)(H,23,24). The molecule has 2 aromatic carbocycles. The third kappa shape index (κ3) is 3.04. The molecule has 4 N–H and O–H groups in total. The first-order valence-corrected chi connectivity index (χ1v) is 9.00. The lowest BCUT2D eigenvalue weighted by Crippen LogP contribution is -2.21. The van der Waals surface area contributed by atoms with E-state index < -0.39 is 0 Å². The molecule has 132 valence electrons. The summed E-state index contributed by atoms with van der Waals surface area (Å²) in [6, 6.07) is 14.8. The van der Waals surface area contributed by atoms with Gasteiger partial charge in [-0.25, -0.2) is 0 Å². The van der Waals surface area contributed by atoms with E-state index in [1.54, 1.807) is 0 Å². The van der Waals surface area contributed by atoms with Crippen LogP contribution in [0.15, 0.2) is 54.9 Å². The molecular formula is C20H21N5S. The van der Waals surface area contributed by atoms with Gasteiger partial charge in [0.15, 0.2) is 0 Å². The summed E-state index contributed by atoms with van der Waals surface area (Å²) in [5, 5.41) is 10.2. The lowest BCUT2D eigenvalue weighted by molar-refractivity contribution is 0.774. The molecule has 0 fully saturated rings. The Balaban J connectivity index is 1.73. The van der Waals surface area contributed by atoms with Crippen molar-refractivity contribution in [2.24, 2.45) is 5.73 Å². The van der Waals surface area contributed by atoms with Crippen LogP contribution < -0.4 is 16.0 Å². The highest BCUT2D eigenvalue weighted by Crippen LogP contribution is 2.42. The summed E-state index contributed by atoms with van der Waals surface area (Å²) in [5.74, 6) is 0.289. The summed E-state index contributed by atoms with van der Waals surface area (Å²) in [6.45, 7) is 1.73. The predicted octanol–water partition coefficient (Wildman–Crippen LogP) is 3.24. The first-order chi connectivity index (χ1) is 12.7. The number of anilines is 2. The molecule has 0 aliphatic carbocycles. The van der Waals surface area contributed by atoms with E-state index in [9.17, 15) is 0 Å². The van der Waals surface area contributed by atoms with Crippen LogP contribution >= 0.6 is 12.2 Å². The second kappa shape index (κ2) is 6.80. The zero-order valence-electron chi connectivity index (χ0n) is 14.6. The molecule has 1 aliphatic heterocycles. The molecule has 1 aliphatic rings. The minimum atomic E-state index is 0.289. The first kappa shape index (κ1) is 16.6. The Bertz CT molecular complexity index is 935. The van der Waals surface area contributed by atoms with Crippen LogP contribution in [0, 0.1) is 0 Å². The maximum Gasteiger partial charge on any atom is 0.103 e. The molecule has 0 saturated carbocycles. The first-order valence-electron chi connectivity index (χ1n) is 8.60. The molecule has 0 radical (unpaired) electrons. The van der Waals surface area contributed by atoms with Crippen LogP contribution in [0.2, 0.25) is 0 Å². The summed E-state index contributed by atoms with van der Waals surface area (Å²) < 4.78 is 0. The fraction of sp³-hybridized carbons (Fsp3) is 0.200. The number of nitrogens with two attached hydrogens (primary N) is 1. The number of H-pyrrole nitrogens is 1. The van der Waals surface area contributed by atoms with Gasteiger partial charge in [-0.05, 0) is 29.3 Å². The van der Waals surface area contributed by atoms with Crippen molar-refractivity contribution in [3.63, 3.8) is 0 Å². The number of hydrogen-bond acceptors (Lipinski definition) is 4. The maximum absolute atomic E-state index is 5.83. The van der Waals surface area contributed by atoms with E-state index >= 15 is 0 Å². The molecule has 2 heterocycles. The molecule has 3 aromatic rings. The monoisotopic (exact) mass is 363 g/mol. The van der Waals surface area contributed by atoms with Crippen molar-refractivity contribution < 1.29 is 0 Å². The van der Waals surface area contributed by atoms with Gasteiger partial charge in [0.2, 0.25) is 0 Å². The molecule has 4 rings (SSSR count). The minimum absolute atomic E-state index is 0.289. The van der Waals surface area contributed by atoms with Crippen LogP contribution in [0.4, 0.5) is 11.4 Å². The number of hydrogen-bond donors (Lipinski definition) is 3. The molecule has 1 aromatic heterocycles. The summed E-state index contributed by atoms with van der Waals surface area (Å²) in [7, 11) is 1.94. The summed E-state index contributed by atoms with van der Waals surface area (Å²) >= 11 is 5.16. The summed E-state index contributed by atoms with van der Waals surface area (Å²) in [5.41, 5.74) is 12.8. The van der Waals surface area contributed by atoms with E-state index in [0.29, 0.717) is 4.99 Å². The maximum atomic E-state index is 5.83. The number of aromatic amines is 1. The van der Waals surface area contributed by atoms with Crippen molar-refractivity contribution >= 4 is 28.6 Å². The van der Waals surface area contributed by atoms with Gasteiger partial charge < -0.3 is 16.0 Å². The van der Waals surface area contributed by atoms with Gasteiger partial charge >= 0.3 is 0 Å². The smallest absolute Gasteiger partial charge is 0.103 e. The Morgan fingerprint density at radius 1 is 1.35 bits per heavy atom. The Hall–Kier alpha value is -2.86. The molecule has 26 heavy (non-hydrogen) atoms. The second-order valence-corrected chi connectivity index (χ2v) is 6.99. The minimum Gasteiger partial charge on any atom is -0.389 e. The highest BCUT2D eigenvalue weighted by Gasteiger charge is 2.30. The quantitative estimate of drug-likeness (QED) is 0.607. The van der Waals surface area contributed by atoms with Gasteiger partial charge in [-0.15, -0.1) is 0 Å². The largest absolute Gasteiger partial charge is 0.389 e. The van der Waals surface area contributed by atoms with Crippen molar-refractivity contribution in [3.05, 3.63) is 77.1 Å². The summed E-state index contributed by atoms with van der Waals surface area (Å²) in [4.78, 5) is 2.84. The van der Waals surface area contributed by atoms with Crippen LogP contribution in [0.5, 0.6) is 0 Å². The Morgan fingerprint density at radius 3 is 2.96 bits per heavy atom. The van der Waals surface area contributed by atoms with Gasteiger partial charge in [-0.1, -0.05) is 36.5 Å². The average molecular weight is 363 g/mol. The van der Waals surface area contributed by atoms with Gasteiger partial charge in [-0.3, -0.25) is 5.10 Å².